The molecule has 3 nitrogen and oxygen atoms in total. The lowest BCUT2D eigenvalue weighted by molar-refractivity contribution is 0.0992. The number of methoxy groups -OCH3 is 1. The van der Waals surface area contributed by atoms with Crippen LogP contribution in [0.5, 0.6) is 5.75 Å². The topological polar surface area (TPSA) is 39.2 Å². The van der Waals surface area contributed by atoms with Crippen LogP contribution in [-0.4, -0.2) is 17.9 Å². The molecule has 98 valence electrons. The molecule has 1 aromatic carbocycles. The molecule has 2 rings (SSSR count). The van der Waals surface area contributed by atoms with Gasteiger partial charge in [-0.15, -0.1) is 0 Å². The minimum atomic E-state index is 0.0539. The maximum absolute atomic E-state index is 12.2. The molecular weight excluding hydrogens is 306 g/mol. The average molecular weight is 320 g/mol. The number of rotatable bonds is 4. The molecule has 1 aromatic heterocycles. The normalized spacial score (nSPS) is 10.3. The van der Waals surface area contributed by atoms with E-state index in [2.05, 4.69) is 20.9 Å². The predicted molar refractivity (Wildman–Crippen MR) is 77.7 cm³/mol. The number of halogens is 1. The Morgan fingerprint density at radius 2 is 2.11 bits per heavy atom. The van der Waals surface area contributed by atoms with Crippen molar-refractivity contribution in [3.8, 4) is 5.75 Å². The Balaban J connectivity index is 2.20. The number of nitrogens with zero attached hydrogens (tertiary/aromatic N) is 1. The van der Waals surface area contributed by atoms with E-state index in [1.807, 2.05) is 25.1 Å². The highest BCUT2D eigenvalue weighted by molar-refractivity contribution is 9.10. The van der Waals surface area contributed by atoms with E-state index in [1.54, 1.807) is 25.6 Å². The molecule has 0 amide bonds. The van der Waals surface area contributed by atoms with Crippen molar-refractivity contribution >= 4 is 21.7 Å². The zero-order chi connectivity index (χ0) is 13.8. The van der Waals surface area contributed by atoms with Gasteiger partial charge in [-0.3, -0.25) is 9.78 Å². The van der Waals surface area contributed by atoms with Gasteiger partial charge in [0, 0.05) is 28.9 Å². The quantitative estimate of drug-likeness (QED) is 0.808. The maximum Gasteiger partial charge on any atom is 0.167 e. The van der Waals surface area contributed by atoms with Crippen LogP contribution in [0.4, 0.5) is 0 Å². The van der Waals surface area contributed by atoms with E-state index in [9.17, 15) is 4.79 Å². The summed E-state index contributed by atoms with van der Waals surface area (Å²) in [6.07, 6.45) is 3.73. The second kappa shape index (κ2) is 5.97. The number of hydrogen-bond donors (Lipinski definition) is 0. The van der Waals surface area contributed by atoms with Gasteiger partial charge in [0.1, 0.15) is 5.75 Å². The van der Waals surface area contributed by atoms with E-state index >= 15 is 0 Å². The molecule has 0 N–H and O–H groups in total. The third kappa shape index (κ3) is 3.41. The number of benzene rings is 1. The van der Waals surface area contributed by atoms with Crippen LogP contribution in [0.1, 0.15) is 21.5 Å². The van der Waals surface area contributed by atoms with E-state index in [0.29, 0.717) is 12.0 Å². The summed E-state index contributed by atoms with van der Waals surface area (Å²) in [5, 5.41) is 0. The molecule has 4 heteroatoms. The highest BCUT2D eigenvalue weighted by Crippen LogP contribution is 2.20. The molecule has 0 fully saturated rings. The molecule has 0 aliphatic carbocycles. The summed E-state index contributed by atoms with van der Waals surface area (Å²) in [4.78, 5) is 16.3. The van der Waals surface area contributed by atoms with Gasteiger partial charge >= 0.3 is 0 Å². The molecule has 0 saturated carbocycles. The summed E-state index contributed by atoms with van der Waals surface area (Å²) in [7, 11) is 1.61. The minimum absolute atomic E-state index is 0.0539. The fourth-order valence-corrected chi connectivity index (χ4v) is 2.25. The fraction of sp³-hybridized carbons (Fsp3) is 0.200. The molecule has 2 aromatic rings. The Labute approximate surface area is 120 Å². The Kier molecular flexibility index (Phi) is 4.32. The Morgan fingerprint density at radius 3 is 2.79 bits per heavy atom. The van der Waals surface area contributed by atoms with Gasteiger partial charge in [0.15, 0.2) is 5.78 Å². The van der Waals surface area contributed by atoms with E-state index in [-0.39, 0.29) is 5.78 Å². The van der Waals surface area contributed by atoms with Crippen LogP contribution in [0.2, 0.25) is 0 Å². The van der Waals surface area contributed by atoms with Crippen LogP contribution in [-0.2, 0) is 6.42 Å². The number of hydrogen-bond acceptors (Lipinski definition) is 3. The third-order valence-corrected chi connectivity index (χ3v) is 3.29. The number of pyridine rings is 1. The van der Waals surface area contributed by atoms with Crippen molar-refractivity contribution in [1.29, 1.82) is 0 Å². The molecule has 0 radical (unpaired) electrons. The van der Waals surface area contributed by atoms with Gasteiger partial charge < -0.3 is 4.74 Å². The first-order chi connectivity index (χ1) is 9.10. The van der Waals surface area contributed by atoms with Crippen LogP contribution in [0.3, 0.4) is 0 Å². The smallest absolute Gasteiger partial charge is 0.167 e. The number of aryl methyl sites for hydroxylation is 1. The van der Waals surface area contributed by atoms with Crippen molar-refractivity contribution in [2.24, 2.45) is 0 Å². The van der Waals surface area contributed by atoms with Crippen LogP contribution in [0.25, 0.3) is 0 Å². The third-order valence-electron chi connectivity index (χ3n) is 2.86. The summed E-state index contributed by atoms with van der Waals surface area (Å²) in [5.74, 6) is 0.788. The van der Waals surface area contributed by atoms with Gasteiger partial charge in [0.25, 0.3) is 0 Å². The Morgan fingerprint density at radius 1 is 1.32 bits per heavy atom. The van der Waals surface area contributed by atoms with Crippen LogP contribution >= 0.6 is 15.9 Å². The van der Waals surface area contributed by atoms with Gasteiger partial charge in [-0.25, -0.2) is 0 Å². The SMILES string of the molecule is COc1cc(C(=O)Cc2cncc(Br)c2)ccc1C. The Bertz CT molecular complexity index is 611. The van der Waals surface area contributed by atoms with Gasteiger partial charge in [-0.05, 0) is 46.1 Å². The van der Waals surface area contributed by atoms with E-state index in [1.165, 1.54) is 0 Å². The van der Waals surface area contributed by atoms with Gasteiger partial charge in [0.2, 0.25) is 0 Å². The molecule has 19 heavy (non-hydrogen) atoms. The van der Waals surface area contributed by atoms with Crippen LogP contribution < -0.4 is 4.74 Å². The number of aromatic nitrogens is 1. The lowest BCUT2D eigenvalue weighted by Crippen LogP contribution is -2.04. The summed E-state index contributed by atoms with van der Waals surface area (Å²) in [5.41, 5.74) is 2.56. The van der Waals surface area contributed by atoms with Crippen LogP contribution in [0.15, 0.2) is 41.1 Å². The van der Waals surface area contributed by atoms with Crippen molar-refractivity contribution in [2.45, 2.75) is 13.3 Å². The van der Waals surface area contributed by atoms with Gasteiger partial charge in [-0.1, -0.05) is 12.1 Å². The summed E-state index contributed by atoms with van der Waals surface area (Å²) >= 11 is 3.35. The standard InChI is InChI=1S/C15H14BrNO2/c1-10-3-4-12(7-15(10)19-2)14(18)6-11-5-13(16)9-17-8-11/h3-5,7-9H,6H2,1-2H3. The summed E-state index contributed by atoms with van der Waals surface area (Å²) < 4.78 is 6.11. The highest BCUT2D eigenvalue weighted by Gasteiger charge is 2.10. The zero-order valence-corrected chi connectivity index (χ0v) is 12.4. The predicted octanol–water partition coefficient (Wildman–Crippen LogP) is 3.59. The number of ketones is 1. The molecule has 0 spiro atoms. The monoisotopic (exact) mass is 319 g/mol. The minimum Gasteiger partial charge on any atom is -0.496 e. The number of carbonyl (C=O) groups is 1. The first-order valence-corrected chi connectivity index (χ1v) is 6.66. The van der Waals surface area contributed by atoms with E-state index < -0.39 is 0 Å². The van der Waals surface area contributed by atoms with Crippen molar-refractivity contribution < 1.29 is 9.53 Å². The number of Topliss-reactive ketones (excluding diaryl/α,β-unsaturated/α-hetero) is 1. The molecule has 0 aliphatic rings. The first-order valence-electron chi connectivity index (χ1n) is 5.87. The molecule has 0 unspecified atom stereocenters. The first kappa shape index (κ1) is 13.7. The zero-order valence-electron chi connectivity index (χ0n) is 10.8. The van der Waals surface area contributed by atoms with Crippen LogP contribution in [0, 0.1) is 6.92 Å². The van der Waals surface area contributed by atoms with E-state index in [4.69, 9.17) is 4.74 Å². The van der Waals surface area contributed by atoms with Crippen molar-refractivity contribution in [3.05, 3.63) is 57.8 Å². The maximum atomic E-state index is 12.2. The second-order valence-electron chi connectivity index (χ2n) is 4.30. The molecule has 0 saturated heterocycles. The lowest BCUT2D eigenvalue weighted by Gasteiger charge is -2.07. The molecule has 0 bridgehead atoms. The molecule has 0 aliphatic heterocycles. The molecular formula is C15H14BrNO2. The summed E-state index contributed by atoms with van der Waals surface area (Å²) in [6, 6.07) is 7.40. The van der Waals surface area contributed by atoms with E-state index in [0.717, 1.165) is 21.3 Å². The van der Waals surface area contributed by atoms with Crippen molar-refractivity contribution in [2.75, 3.05) is 7.11 Å². The molecule has 1 heterocycles. The van der Waals surface area contributed by atoms with Gasteiger partial charge in [0.05, 0.1) is 7.11 Å². The fourth-order valence-electron chi connectivity index (χ4n) is 1.83. The molecule has 0 atom stereocenters. The van der Waals surface area contributed by atoms with Gasteiger partial charge in [-0.2, -0.15) is 0 Å². The number of ether oxygens (including phenoxy) is 1. The Hall–Kier alpha value is -1.68. The second-order valence-corrected chi connectivity index (χ2v) is 5.21. The highest BCUT2D eigenvalue weighted by atomic mass is 79.9. The largest absolute Gasteiger partial charge is 0.496 e. The van der Waals surface area contributed by atoms with Crippen molar-refractivity contribution in [1.82, 2.24) is 4.98 Å². The summed E-state index contributed by atoms with van der Waals surface area (Å²) in [6.45, 7) is 1.95. The van der Waals surface area contributed by atoms with Crippen molar-refractivity contribution in [3.63, 3.8) is 0 Å². The average Bonchev–Trinajstić information content (AvgIpc) is 2.39. The number of carbonyl (C=O) groups excluding carboxylic acids is 1. The lowest BCUT2D eigenvalue weighted by atomic mass is 10.0.